The molecule has 1 saturated carbocycles. The molecule has 0 saturated heterocycles. The van der Waals surface area contributed by atoms with Crippen LogP contribution in [0.2, 0.25) is 0 Å². The van der Waals surface area contributed by atoms with Gasteiger partial charge in [0.15, 0.2) is 5.96 Å². The highest BCUT2D eigenvalue weighted by atomic mass is 16.2. The Hall–Kier alpha value is -3.68. The SMILES string of the molecule is CCCN(CCC)C(=O)c1cc(C)cc(NC(=O)CC2(C)N=C(N)N(Cc3cccc(C4CC4)c3)C2=O)c1. The summed E-state index contributed by atoms with van der Waals surface area (Å²) in [6.07, 6.45) is 4.01. The zero-order valence-corrected chi connectivity index (χ0v) is 22.9. The van der Waals surface area contributed by atoms with Gasteiger partial charge < -0.3 is 16.0 Å². The second kappa shape index (κ2) is 11.4. The number of aryl methyl sites for hydroxylation is 1. The highest BCUT2D eigenvalue weighted by Gasteiger charge is 2.45. The Morgan fingerprint density at radius 1 is 1.13 bits per heavy atom. The van der Waals surface area contributed by atoms with Crippen LogP contribution in [0, 0.1) is 6.92 Å². The summed E-state index contributed by atoms with van der Waals surface area (Å²) in [5, 5.41) is 2.87. The maximum Gasteiger partial charge on any atom is 0.257 e. The second-order valence-corrected chi connectivity index (χ2v) is 10.8. The van der Waals surface area contributed by atoms with Gasteiger partial charge in [0.05, 0.1) is 13.0 Å². The minimum absolute atomic E-state index is 0.0513. The molecule has 1 fully saturated rings. The van der Waals surface area contributed by atoms with Crippen LogP contribution in [0.3, 0.4) is 0 Å². The zero-order valence-electron chi connectivity index (χ0n) is 22.9. The molecule has 8 nitrogen and oxygen atoms in total. The van der Waals surface area contributed by atoms with Crippen LogP contribution in [0.4, 0.5) is 5.69 Å². The lowest BCUT2D eigenvalue weighted by Gasteiger charge is -2.23. The summed E-state index contributed by atoms with van der Waals surface area (Å²) in [5.41, 5.74) is 9.07. The fourth-order valence-electron chi connectivity index (χ4n) is 5.10. The number of benzene rings is 2. The number of nitrogens with one attached hydrogen (secondary N) is 1. The Morgan fingerprint density at radius 3 is 2.50 bits per heavy atom. The van der Waals surface area contributed by atoms with Crippen molar-refractivity contribution in [2.24, 2.45) is 10.7 Å². The minimum Gasteiger partial charge on any atom is -0.369 e. The summed E-state index contributed by atoms with van der Waals surface area (Å²) in [6.45, 7) is 9.31. The first-order valence-corrected chi connectivity index (χ1v) is 13.6. The molecule has 0 spiro atoms. The number of nitrogens with two attached hydrogens (primary N) is 1. The number of aliphatic imine (C=N–C) groups is 1. The Bertz CT molecular complexity index is 1250. The van der Waals surface area contributed by atoms with Crippen molar-refractivity contribution < 1.29 is 14.4 Å². The second-order valence-electron chi connectivity index (χ2n) is 10.8. The first-order valence-electron chi connectivity index (χ1n) is 13.6. The quantitative estimate of drug-likeness (QED) is 0.455. The summed E-state index contributed by atoms with van der Waals surface area (Å²) >= 11 is 0. The molecule has 1 aliphatic carbocycles. The summed E-state index contributed by atoms with van der Waals surface area (Å²) in [4.78, 5) is 47.2. The fourth-order valence-corrected chi connectivity index (χ4v) is 5.10. The Labute approximate surface area is 225 Å². The lowest BCUT2D eigenvalue weighted by molar-refractivity contribution is -0.133. The molecule has 8 heteroatoms. The molecule has 1 heterocycles. The van der Waals surface area contributed by atoms with Gasteiger partial charge in [0.2, 0.25) is 5.91 Å². The van der Waals surface area contributed by atoms with Gasteiger partial charge in [-0.05, 0) is 80.3 Å². The molecule has 0 bridgehead atoms. The van der Waals surface area contributed by atoms with E-state index in [0.717, 1.165) is 24.0 Å². The third-order valence-electron chi connectivity index (χ3n) is 7.07. The number of amides is 3. The molecule has 1 atom stereocenters. The Balaban J connectivity index is 1.43. The number of guanidine groups is 1. The fraction of sp³-hybridized carbons (Fsp3) is 0.467. The van der Waals surface area contributed by atoms with E-state index in [-0.39, 0.29) is 30.1 Å². The molecule has 2 aromatic carbocycles. The van der Waals surface area contributed by atoms with Gasteiger partial charge in [-0.25, -0.2) is 4.99 Å². The molecule has 0 aromatic heterocycles. The standard InChI is InChI=1S/C30H39N5O3/c1-5-12-34(13-6-2)27(37)24-14-20(3)15-25(17-24)32-26(36)18-30(4)28(38)35(29(31)33-30)19-21-8-7-9-23(16-21)22-10-11-22/h7-9,14-17,22H,5-6,10-13,18-19H2,1-4H3,(H2,31,33)(H,32,36). The molecule has 38 heavy (non-hydrogen) atoms. The maximum absolute atomic E-state index is 13.4. The predicted molar refractivity (Wildman–Crippen MR) is 150 cm³/mol. The summed E-state index contributed by atoms with van der Waals surface area (Å²) in [6, 6.07) is 13.6. The number of anilines is 1. The first-order chi connectivity index (χ1) is 18.1. The smallest absolute Gasteiger partial charge is 0.257 e. The van der Waals surface area contributed by atoms with Crippen LogP contribution in [0.25, 0.3) is 0 Å². The van der Waals surface area contributed by atoms with E-state index >= 15 is 0 Å². The lowest BCUT2D eigenvalue weighted by Crippen LogP contribution is -2.44. The maximum atomic E-state index is 13.4. The Morgan fingerprint density at radius 2 is 1.84 bits per heavy atom. The largest absolute Gasteiger partial charge is 0.369 e. The van der Waals surface area contributed by atoms with Crippen molar-refractivity contribution in [2.75, 3.05) is 18.4 Å². The van der Waals surface area contributed by atoms with Gasteiger partial charge in [-0.3, -0.25) is 19.3 Å². The molecule has 3 amide bonds. The van der Waals surface area contributed by atoms with Crippen molar-refractivity contribution in [1.82, 2.24) is 9.80 Å². The molecule has 4 rings (SSSR count). The highest BCUT2D eigenvalue weighted by molar-refractivity contribution is 6.09. The average Bonchev–Trinajstić information content (AvgIpc) is 3.69. The molecule has 1 unspecified atom stereocenters. The van der Waals surface area contributed by atoms with Crippen LogP contribution in [0.15, 0.2) is 47.5 Å². The van der Waals surface area contributed by atoms with Crippen LogP contribution < -0.4 is 11.1 Å². The van der Waals surface area contributed by atoms with E-state index in [4.69, 9.17) is 5.73 Å². The van der Waals surface area contributed by atoms with Gasteiger partial charge in [0.25, 0.3) is 11.8 Å². The minimum atomic E-state index is -1.29. The van der Waals surface area contributed by atoms with E-state index < -0.39 is 5.54 Å². The van der Waals surface area contributed by atoms with E-state index in [0.29, 0.717) is 36.8 Å². The number of hydrogen-bond acceptors (Lipinski definition) is 5. The van der Waals surface area contributed by atoms with Gasteiger partial charge in [-0.2, -0.15) is 0 Å². The number of rotatable bonds is 11. The lowest BCUT2D eigenvalue weighted by atomic mass is 9.97. The molecular weight excluding hydrogens is 478 g/mol. The average molecular weight is 518 g/mol. The van der Waals surface area contributed by atoms with Gasteiger partial charge in [0.1, 0.15) is 5.54 Å². The highest BCUT2D eigenvalue weighted by Crippen LogP contribution is 2.40. The normalized spacial score (nSPS) is 18.9. The topological polar surface area (TPSA) is 108 Å². The molecule has 202 valence electrons. The molecule has 3 N–H and O–H groups in total. The number of carbonyl (C=O) groups excluding carboxylic acids is 3. The molecule has 0 radical (unpaired) electrons. The Kier molecular flexibility index (Phi) is 8.19. The molecular formula is C30H39N5O3. The van der Waals surface area contributed by atoms with Gasteiger partial charge in [0, 0.05) is 24.3 Å². The van der Waals surface area contributed by atoms with Crippen LogP contribution in [0.1, 0.15) is 85.8 Å². The van der Waals surface area contributed by atoms with Crippen molar-refractivity contribution in [1.29, 1.82) is 0 Å². The molecule has 2 aromatic rings. The van der Waals surface area contributed by atoms with Crippen LogP contribution >= 0.6 is 0 Å². The van der Waals surface area contributed by atoms with Crippen molar-refractivity contribution in [3.8, 4) is 0 Å². The summed E-state index contributed by atoms with van der Waals surface area (Å²) in [5.74, 6) is 0.0277. The number of carbonyl (C=O) groups is 3. The third-order valence-corrected chi connectivity index (χ3v) is 7.07. The third kappa shape index (κ3) is 6.23. The van der Waals surface area contributed by atoms with E-state index in [1.54, 1.807) is 13.0 Å². The number of nitrogens with zero attached hydrogens (tertiary/aromatic N) is 3. The van der Waals surface area contributed by atoms with Crippen molar-refractivity contribution in [3.05, 3.63) is 64.7 Å². The zero-order chi connectivity index (χ0) is 27.4. The van der Waals surface area contributed by atoms with Crippen molar-refractivity contribution in [2.45, 2.75) is 77.8 Å². The van der Waals surface area contributed by atoms with E-state index in [1.807, 2.05) is 49.9 Å². The summed E-state index contributed by atoms with van der Waals surface area (Å²) in [7, 11) is 0. The van der Waals surface area contributed by atoms with Gasteiger partial charge in [-0.1, -0.05) is 38.1 Å². The molecule has 2 aliphatic rings. The van der Waals surface area contributed by atoms with Crippen LogP contribution in [0.5, 0.6) is 0 Å². The molecule has 1 aliphatic heterocycles. The van der Waals surface area contributed by atoms with Crippen molar-refractivity contribution in [3.63, 3.8) is 0 Å². The monoisotopic (exact) mass is 517 g/mol. The van der Waals surface area contributed by atoms with E-state index in [2.05, 4.69) is 22.4 Å². The van der Waals surface area contributed by atoms with E-state index in [1.165, 1.54) is 23.3 Å². The number of hydrogen-bond donors (Lipinski definition) is 2. The van der Waals surface area contributed by atoms with Gasteiger partial charge in [-0.15, -0.1) is 0 Å². The predicted octanol–water partition coefficient (Wildman–Crippen LogP) is 4.58. The first kappa shape index (κ1) is 27.4. The van der Waals surface area contributed by atoms with Crippen molar-refractivity contribution >= 4 is 29.4 Å². The van der Waals surface area contributed by atoms with Crippen LogP contribution in [-0.2, 0) is 16.1 Å². The van der Waals surface area contributed by atoms with Crippen LogP contribution in [-0.4, -0.2) is 52.1 Å². The van der Waals surface area contributed by atoms with Gasteiger partial charge >= 0.3 is 0 Å². The summed E-state index contributed by atoms with van der Waals surface area (Å²) < 4.78 is 0. The van der Waals surface area contributed by atoms with E-state index in [9.17, 15) is 14.4 Å².